The lowest BCUT2D eigenvalue weighted by molar-refractivity contribution is 0.590. The highest BCUT2D eigenvalue weighted by atomic mass is 16.3. The first-order valence-corrected chi connectivity index (χ1v) is 21.4. The lowest BCUT2D eigenvalue weighted by Gasteiger charge is -2.22. The van der Waals surface area contributed by atoms with Crippen molar-refractivity contribution in [1.82, 2.24) is 9.13 Å². The molecule has 0 atom stereocenters. The van der Waals surface area contributed by atoms with Crippen LogP contribution >= 0.6 is 0 Å². The smallest absolute Gasteiger partial charge is 0.135 e. The van der Waals surface area contributed by atoms with Crippen molar-refractivity contribution in [2.75, 3.05) is 0 Å². The average molecular weight is 797 g/mol. The second-order valence-corrected chi connectivity index (χ2v) is 17.7. The molecule has 0 fully saturated rings. The van der Waals surface area contributed by atoms with Gasteiger partial charge in [-0.2, -0.15) is 0 Å². The van der Waals surface area contributed by atoms with Crippen molar-refractivity contribution < 1.29 is 8.83 Å². The van der Waals surface area contributed by atoms with Crippen molar-refractivity contribution in [3.8, 4) is 33.6 Å². The van der Waals surface area contributed by atoms with E-state index in [1.165, 1.54) is 60.3 Å². The van der Waals surface area contributed by atoms with E-state index < -0.39 is 0 Å². The number of aromatic nitrogens is 2. The predicted molar refractivity (Wildman–Crippen MR) is 259 cm³/mol. The predicted octanol–water partition coefficient (Wildman–Crippen LogP) is 16.3. The Morgan fingerprint density at radius 1 is 0.323 bits per heavy atom. The maximum absolute atomic E-state index is 6.53. The number of hydrogen-bond donors (Lipinski definition) is 0. The molecule has 0 N–H and O–H groups in total. The van der Waals surface area contributed by atoms with E-state index in [0.717, 1.165) is 66.4 Å². The van der Waals surface area contributed by atoms with Gasteiger partial charge < -0.3 is 18.0 Å². The Morgan fingerprint density at radius 2 is 0.694 bits per heavy atom. The minimum Gasteiger partial charge on any atom is -0.456 e. The van der Waals surface area contributed by atoms with E-state index in [0.29, 0.717) is 0 Å². The maximum atomic E-state index is 6.53. The molecule has 4 heterocycles. The third-order valence-electron chi connectivity index (χ3n) is 13.1. The Bertz CT molecular complexity index is 3870. The molecular formula is C58H40N2O2. The summed E-state index contributed by atoms with van der Waals surface area (Å²) in [5.74, 6) is 0. The molecule has 0 saturated carbocycles. The van der Waals surface area contributed by atoms with Crippen molar-refractivity contribution >= 4 is 87.5 Å². The van der Waals surface area contributed by atoms with Gasteiger partial charge >= 0.3 is 0 Å². The summed E-state index contributed by atoms with van der Waals surface area (Å²) in [4.78, 5) is 0. The molecule has 13 rings (SSSR count). The molecule has 4 aromatic heterocycles. The molecule has 0 amide bonds. The molecular weight excluding hydrogens is 757 g/mol. The summed E-state index contributed by atoms with van der Waals surface area (Å²) < 4.78 is 17.8. The highest BCUT2D eigenvalue weighted by molar-refractivity contribution is 6.13. The van der Waals surface area contributed by atoms with Gasteiger partial charge in [-0.25, -0.2) is 0 Å². The molecule has 294 valence electrons. The largest absolute Gasteiger partial charge is 0.456 e. The van der Waals surface area contributed by atoms with Crippen LogP contribution in [0.4, 0.5) is 0 Å². The summed E-state index contributed by atoms with van der Waals surface area (Å²) >= 11 is 0. The third-order valence-corrected chi connectivity index (χ3v) is 13.1. The monoisotopic (exact) mass is 796 g/mol. The van der Waals surface area contributed by atoms with E-state index in [2.05, 4.69) is 218 Å². The van der Waals surface area contributed by atoms with Crippen LogP contribution in [0.1, 0.15) is 26.3 Å². The zero-order valence-corrected chi connectivity index (χ0v) is 34.6. The number of fused-ring (bicyclic) bond motifs is 12. The van der Waals surface area contributed by atoms with Gasteiger partial charge in [0.2, 0.25) is 0 Å². The first-order chi connectivity index (χ1) is 30.4. The van der Waals surface area contributed by atoms with Gasteiger partial charge in [-0.15, -0.1) is 0 Å². The molecule has 0 aliphatic carbocycles. The van der Waals surface area contributed by atoms with Crippen LogP contribution in [-0.4, -0.2) is 9.13 Å². The molecule has 4 nitrogen and oxygen atoms in total. The van der Waals surface area contributed by atoms with Crippen molar-refractivity contribution in [2.45, 2.75) is 26.2 Å². The minimum absolute atomic E-state index is 0.0368. The number of benzene rings is 9. The zero-order chi connectivity index (χ0) is 41.3. The Balaban J connectivity index is 0.981. The third kappa shape index (κ3) is 5.13. The fourth-order valence-corrected chi connectivity index (χ4v) is 10.0. The number of rotatable bonds is 4. The topological polar surface area (TPSA) is 36.1 Å². The zero-order valence-electron chi connectivity index (χ0n) is 34.6. The van der Waals surface area contributed by atoms with Gasteiger partial charge in [-0.05, 0) is 118 Å². The second kappa shape index (κ2) is 12.8. The van der Waals surface area contributed by atoms with Crippen molar-refractivity contribution in [2.24, 2.45) is 0 Å². The standard InChI is InChI=1S/C58H40N2O2/c1-58(2,3)37-22-25-40(35-20-26-54-46(30-35)48-33-38(23-28-56(48)61-54)59-50-16-8-4-12-41(50)42-13-5-9-17-51(42)59)45(32-37)36-21-27-55-47(31-36)49-34-39(24-29-57(49)62-55)60-52-18-10-6-14-43(52)44-15-7-11-19-53(44)60/h4-34H,1-3H3. The number of hydrogen-bond acceptors (Lipinski definition) is 2. The van der Waals surface area contributed by atoms with Crippen LogP contribution in [0.3, 0.4) is 0 Å². The van der Waals surface area contributed by atoms with E-state index in [-0.39, 0.29) is 5.41 Å². The first-order valence-electron chi connectivity index (χ1n) is 21.4. The van der Waals surface area contributed by atoms with Gasteiger partial charge in [0.05, 0.1) is 22.1 Å². The SMILES string of the molecule is CC(C)(C)c1ccc(-c2ccc3oc4ccc(-n5c6ccccc6c6ccccc65)cc4c3c2)c(-c2ccc3oc4ccc(-n5c6ccccc6c6ccccc65)cc4c3c2)c1. The van der Waals surface area contributed by atoms with Gasteiger partial charge in [-0.1, -0.05) is 124 Å². The van der Waals surface area contributed by atoms with Crippen LogP contribution in [0, 0.1) is 0 Å². The Labute approximate surface area is 357 Å². The van der Waals surface area contributed by atoms with Gasteiger partial charge in [0.1, 0.15) is 22.3 Å². The summed E-state index contributed by atoms with van der Waals surface area (Å²) in [7, 11) is 0. The molecule has 62 heavy (non-hydrogen) atoms. The highest BCUT2D eigenvalue weighted by Gasteiger charge is 2.21. The van der Waals surface area contributed by atoms with Gasteiger partial charge in [0.15, 0.2) is 0 Å². The molecule has 4 heteroatoms. The Morgan fingerprint density at radius 3 is 1.11 bits per heavy atom. The summed E-state index contributed by atoms with van der Waals surface area (Å²) in [5, 5.41) is 9.39. The van der Waals surface area contributed by atoms with E-state index in [9.17, 15) is 0 Å². The van der Waals surface area contributed by atoms with Crippen molar-refractivity contribution in [1.29, 1.82) is 0 Å². The molecule has 0 radical (unpaired) electrons. The van der Waals surface area contributed by atoms with Gasteiger partial charge in [-0.3, -0.25) is 0 Å². The maximum Gasteiger partial charge on any atom is 0.135 e. The quantitative estimate of drug-likeness (QED) is 0.178. The number of para-hydroxylation sites is 4. The van der Waals surface area contributed by atoms with Crippen LogP contribution in [0.2, 0.25) is 0 Å². The van der Waals surface area contributed by atoms with Crippen LogP contribution in [0.15, 0.2) is 197 Å². The first kappa shape index (κ1) is 35.0. The van der Waals surface area contributed by atoms with Crippen molar-refractivity contribution in [3.05, 3.63) is 194 Å². The summed E-state index contributed by atoms with van der Waals surface area (Å²) in [6.45, 7) is 6.85. The Kier molecular flexibility index (Phi) is 7.25. The number of nitrogens with zero attached hydrogens (tertiary/aromatic N) is 2. The van der Waals surface area contributed by atoms with Crippen LogP contribution in [-0.2, 0) is 5.41 Å². The molecule has 0 saturated heterocycles. The summed E-state index contributed by atoms with van der Waals surface area (Å²) in [5.41, 5.74) is 16.4. The van der Waals surface area contributed by atoms with Crippen LogP contribution in [0.25, 0.3) is 121 Å². The fraction of sp³-hybridized carbons (Fsp3) is 0.0690. The highest BCUT2D eigenvalue weighted by Crippen LogP contribution is 2.43. The minimum atomic E-state index is -0.0368. The lowest BCUT2D eigenvalue weighted by Crippen LogP contribution is -2.11. The molecule has 0 spiro atoms. The van der Waals surface area contributed by atoms with Gasteiger partial charge in [0.25, 0.3) is 0 Å². The van der Waals surface area contributed by atoms with Crippen LogP contribution in [0.5, 0.6) is 0 Å². The molecule has 0 aliphatic rings. The van der Waals surface area contributed by atoms with Crippen LogP contribution < -0.4 is 0 Å². The Hall–Kier alpha value is -7.82. The van der Waals surface area contributed by atoms with Gasteiger partial charge in [0, 0.05) is 54.5 Å². The summed E-state index contributed by atoms with van der Waals surface area (Å²) in [6, 6.07) is 68.2. The van der Waals surface area contributed by atoms with Crippen molar-refractivity contribution in [3.63, 3.8) is 0 Å². The number of furan rings is 2. The normalized spacial score (nSPS) is 12.4. The lowest BCUT2D eigenvalue weighted by atomic mass is 9.83. The van der Waals surface area contributed by atoms with E-state index >= 15 is 0 Å². The van der Waals surface area contributed by atoms with E-state index in [1.807, 2.05) is 0 Å². The molecule has 0 bridgehead atoms. The molecule has 0 unspecified atom stereocenters. The second-order valence-electron chi connectivity index (χ2n) is 17.7. The summed E-state index contributed by atoms with van der Waals surface area (Å²) in [6.07, 6.45) is 0. The molecule has 13 aromatic rings. The van der Waals surface area contributed by atoms with E-state index in [1.54, 1.807) is 0 Å². The fourth-order valence-electron chi connectivity index (χ4n) is 10.0. The average Bonchev–Trinajstić information content (AvgIpc) is 4.05. The molecule has 0 aliphatic heterocycles. The molecule has 9 aromatic carbocycles. The van der Waals surface area contributed by atoms with E-state index in [4.69, 9.17) is 8.83 Å².